The van der Waals surface area contributed by atoms with Gasteiger partial charge in [-0.2, -0.15) is 0 Å². The Balaban J connectivity index is 4.00. The molecule has 19 heavy (non-hydrogen) atoms. The van der Waals surface area contributed by atoms with Crippen molar-refractivity contribution >= 4 is 19.4 Å². The van der Waals surface area contributed by atoms with E-state index in [1.165, 1.54) is 13.2 Å². The first kappa shape index (κ1) is 18.1. The number of esters is 1. The lowest BCUT2D eigenvalue weighted by atomic mass is 10.2. The van der Waals surface area contributed by atoms with Gasteiger partial charge in [0.15, 0.2) is 0 Å². The Hall–Kier alpha value is -0.903. The summed E-state index contributed by atoms with van der Waals surface area (Å²) in [5.74, 6) is -0.322. The zero-order chi connectivity index (χ0) is 15.1. The van der Waals surface area contributed by atoms with Crippen LogP contribution in [-0.4, -0.2) is 26.6 Å². The summed E-state index contributed by atoms with van der Waals surface area (Å²) < 4.78 is 4.50. The molecule has 0 N–H and O–H groups in total. The molecule has 0 aromatic rings. The van der Waals surface area contributed by atoms with E-state index in [0.717, 1.165) is 19.3 Å². The van der Waals surface area contributed by atoms with E-state index in [0.29, 0.717) is 11.8 Å². The summed E-state index contributed by atoms with van der Waals surface area (Å²) in [6.07, 6.45) is 6.57. The lowest BCUT2D eigenvalue weighted by Crippen LogP contribution is -2.46. The van der Waals surface area contributed by atoms with Crippen molar-refractivity contribution in [1.29, 1.82) is 0 Å². The first-order valence-corrected chi connectivity index (χ1v) is 9.90. The summed E-state index contributed by atoms with van der Waals surface area (Å²) in [5.41, 5.74) is 0. The molecule has 0 amide bonds. The summed E-state index contributed by atoms with van der Waals surface area (Å²) in [6.45, 7) is 10.8. The predicted molar refractivity (Wildman–Crippen MR) is 81.8 cm³/mol. The van der Waals surface area contributed by atoms with E-state index in [1.54, 1.807) is 0 Å². The van der Waals surface area contributed by atoms with Gasteiger partial charge in [-0.05, 0) is 24.3 Å². The molecule has 110 valence electrons. The molecule has 0 fully saturated rings. The molecule has 0 radical (unpaired) electrons. The molecule has 0 aliphatic rings. The molecule has 0 spiro atoms. The molecule has 0 aromatic carbocycles. The first-order valence-electron chi connectivity index (χ1n) is 6.90. The molecular formula is C15H28O3Si. The Morgan fingerprint density at radius 2 is 1.74 bits per heavy atom. The number of ether oxygens (including phenoxy) is 1. The van der Waals surface area contributed by atoms with Gasteiger partial charge < -0.3 is 9.53 Å². The average Bonchev–Trinajstić information content (AvgIpc) is 2.31. The fourth-order valence-electron chi connectivity index (χ4n) is 1.53. The van der Waals surface area contributed by atoms with E-state index < -0.39 is 8.07 Å². The van der Waals surface area contributed by atoms with E-state index in [4.69, 9.17) is 0 Å². The highest BCUT2D eigenvalue weighted by atomic mass is 28.3. The van der Waals surface area contributed by atoms with Gasteiger partial charge in [0, 0.05) is 12.5 Å². The Kier molecular flexibility index (Phi) is 7.27. The van der Waals surface area contributed by atoms with E-state index in [2.05, 4.69) is 38.6 Å². The topological polar surface area (TPSA) is 43.4 Å². The molecule has 0 saturated carbocycles. The summed E-state index contributed by atoms with van der Waals surface area (Å²) in [6, 6.07) is 0. The summed E-state index contributed by atoms with van der Waals surface area (Å²) >= 11 is 0. The Labute approximate surface area is 118 Å². The summed E-state index contributed by atoms with van der Waals surface area (Å²) in [4.78, 5) is 23.1. The second-order valence-corrected chi connectivity index (χ2v) is 11.8. The van der Waals surface area contributed by atoms with Crippen LogP contribution in [0.5, 0.6) is 0 Å². The Morgan fingerprint density at radius 1 is 1.16 bits per heavy atom. The highest BCUT2D eigenvalue weighted by Gasteiger charge is 2.41. The maximum absolute atomic E-state index is 12.3. The summed E-state index contributed by atoms with van der Waals surface area (Å²) in [7, 11) is -0.466. The Bertz CT molecular complexity index is 338. The number of carbonyl (C=O) groups is 2. The van der Waals surface area contributed by atoms with Crippen LogP contribution in [-0.2, 0) is 14.3 Å². The third-order valence-corrected chi connectivity index (χ3v) is 9.45. The second-order valence-electron chi connectivity index (χ2n) is 6.47. The molecule has 0 aliphatic heterocycles. The third-order valence-electron chi connectivity index (χ3n) is 4.05. The number of unbranched alkanes of at least 4 members (excludes halogenated alkanes) is 2. The molecule has 0 aromatic heterocycles. The third kappa shape index (κ3) is 6.19. The lowest BCUT2D eigenvalue weighted by Gasteiger charge is -2.35. The van der Waals surface area contributed by atoms with Gasteiger partial charge in [0.25, 0.3) is 0 Å². The minimum Gasteiger partial charge on any atom is -0.466 e. The second kappa shape index (κ2) is 7.63. The number of hydrogen-bond donors (Lipinski definition) is 0. The molecule has 3 nitrogen and oxygen atoms in total. The van der Waals surface area contributed by atoms with Crippen LogP contribution in [0.4, 0.5) is 0 Å². The minimum absolute atomic E-state index is 0.120. The SMILES string of the molecule is COC(=O)/C=C/CCCCC(=O)[Si](C)(C)C(C)(C)C. The molecule has 0 bridgehead atoms. The van der Waals surface area contributed by atoms with E-state index in [-0.39, 0.29) is 11.0 Å². The van der Waals surface area contributed by atoms with Gasteiger partial charge in [-0.25, -0.2) is 4.79 Å². The predicted octanol–water partition coefficient (Wildman–Crippen LogP) is 3.89. The monoisotopic (exact) mass is 284 g/mol. The van der Waals surface area contributed by atoms with Crippen LogP contribution in [0.2, 0.25) is 18.1 Å². The number of allylic oxidation sites excluding steroid dienone is 1. The van der Waals surface area contributed by atoms with Gasteiger partial charge in [-0.3, -0.25) is 0 Å². The highest BCUT2D eigenvalue weighted by molar-refractivity contribution is 7.06. The minimum atomic E-state index is -1.83. The first-order chi connectivity index (χ1) is 8.63. The van der Waals surface area contributed by atoms with Crippen LogP contribution in [0, 0.1) is 0 Å². The van der Waals surface area contributed by atoms with Gasteiger partial charge in [0.2, 0.25) is 0 Å². The van der Waals surface area contributed by atoms with Crippen LogP contribution in [0.15, 0.2) is 12.2 Å². The van der Waals surface area contributed by atoms with Crippen molar-refractivity contribution in [3.63, 3.8) is 0 Å². The van der Waals surface area contributed by atoms with Crippen molar-refractivity contribution in [2.75, 3.05) is 7.11 Å². The van der Waals surface area contributed by atoms with Crippen molar-refractivity contribution in [3.8, 4) is 0 Å². The zero-order valence-electron chi connectivity index (χ0n) is 13.2. The van der Waals surface area contributed by atoms with Crippen LogP contribution in [0.25, 0.3) is 0 Å². The number of carbonyl (C=O) groups excluding carboxylic acids is 2. The van der Waals surface area contributed by atoms with Crippen molar-refractivity contribution in [2.45, 2.75) is 64.6 Å². The zero-order valence-corrected chi connectivity index (χ0v) is 14.2. The van der Waals surface area contributed by atoms with Crippen LogP contribution in [0.1, 0.15) is 46.5 Å². The van der Waals surface area contributed by atoms with Gasteiger partial charge in [0.05, 0.1) is 7.11 Å². The molecule has 0 aliphatic carbocycles. The van der Waals surface area contributed by atoms with Crippen molar-refractivity contribution < 1.29 is 14.3 Å². The summed E-state index contributed by atoms with van der Waals surface area (Å²) in [5, 5.41) is 0.575. The number of methoxy groups -OCH3 is 1. The van der Waals surface area contributed by atoms with Gasteiger partial charge in [-0.15, -0.1) is 0 Å². The Morgan fingerprint density at radius 3 is 2.21 bits per heavy atom. The van der Waals surface area contributed by atoms with E-state index in [1.807, 2.05) is 6.08 Å². The van der Waals surface area contributed by atoms with Crippen molar-refractivity contribution in [3.05, 3.63) is 12.2 Å². The number of rotatable bonds is 7. The molecule has 0 rings (SSSR count). The van der Waals surface area contributed by atoms with Crippen LogP contribution >= 0.6 is 0 Å². The normalized spacial score (nSPS) is 12.7. The van der Waals surface area contributed by atoms with Gasteiger partial charge >= 0.3 is 5.97 Å². The fourth-order valence-corrected chi connectivity index (χ4v) is 3.16. The van der Waals surface area contributed by atoms with Crippen LogP contribution in [0.3, 0.4) is 0 Å². The maximum atomic E-state index is 12.3. The smallest absolute Gasteiger partial charge is 0.330 e. The molecular weight excluding hydrogens is 256 g/mol. The number of hydrogen-bond acceptors (Lipinski definition) is 3. The van der Waals surface area contributed by atoms with Crippen molar-refractivity contribution in [2.24, 2.45) is 0 Å². The highest BCUT2D eigenvalue weighted by Crippen LogP contribution is 2.37. The average molecular weight is 284 g/mol. The largest absolute Gasteiger partial charge is 0.466 e. The van der Waals surface area contributed by atoms with Gasteiger partial charge in [-0.1, -0.05) is 39.9 Å². The quantitative estimate of drug-likeness (QED) is 0.308. The fraction of sp³-hybridized carbons (Fsp3) is 0.733. The standard InChI is InChI=1S/C15H28O3Si/c1-15(2,3)19(5,6)14(17)12-10-8-7-9-11-13(16)18-4/h9,11H,7-8,10,12H2,1-6H3/b11-9+. The van der Waals surface area contributed by atoms with Crippen molar-refractivity contribution in [1.82, 2.24) is 0 Å². The maximum Gasteiger partial charge on any atom is 0.330 e. The molecule has 0 saturated heterocycles. The lowest BCUT2D eigenvalue weighted by molar-refractivity contribution is -0.134. The molecule has 4 heteroatoms. The van der Waals surface area contributed by atoms with Crippen LogP contribution < -0.4 is 0 Å². The molecule has 0 heterocycles. The molecule has 0 unspecified atom stereocenters. The van der Waals surface area contributed by atoms with E-state index in [9.17, 15) is 9.59 Å². The van der Waals surface area contributed by atoms with Gasteiger partial charge in [0.1, 0.15) is 13.5 Å². The molecule has 0 atom stereocenters. The van der Waals surface area contributed by atoms with E-state index >= 15 is 0 Å².